The normalized spacial score (nSPS) is 11.0. The van der Waals surface area contributed by atoms with Crippen molar-refractivity contribution in [1.29, 1.82) is 0 Å². The van der Waals surface area contributed by atoms with Gasteiger partial charge in [-0.3, -0.25) is 9.97 Å². The third-order valence-electron chi connectivity index (χ3n) is 2.15. The first-order chi connectivity index (χ1) is 6.29. The Morgan fingerprint density at radius 3 is 2.69 bits per heavy atom. The second-order valence-electron chi connectivity index (χ2n) is 3.45. The third-order valence-corrected chi connectivity index (χ3v) is 2.15. The molecule has 0 unspecified atom stereocenters. The molecule has 0 aliphatic rings. The van der Waals surface area contributed by atoms with E-state index in [0.717, 1.165) is 5.69 Å². The van der Waals surface area contributed by atoms with Crippen molar-refractivity contribution in [2.45, 2.75) is 19.8 Å². The lowest BCUT2D eigenvalue weighted by molar-refractivity contribution is 0.834. The summed E-state index contributed by atoms with van der Waals surface area (Å²) in [4.78, 5) is 8.48. The first-order valence-corrected chi connectivity index (χ1v) is 4.47. The zero-order chi connectivity index (χ0) is 9.26. The highest BCUT2D eigenvalue weighted by molar-refractivity contribution is 5.83. The summed E-state index contributed by atoms with van der Waals surface area (Å²) < 4.78 is 0. The number of fused-ring (bicyclic) bond motifs is 1. The standard InChI is InChI=1S/C11H12N2/c1-8(2)11-10-7-12-5-3-9(10)4-6-13-11/h3-8H,1-2H3. The summed E-state index contributed by atoms with van der Waals surface area (Å²) >= 11 is 0. The summed E-state index contributed by atoms with van der Waals surface area (Å²) in [7, 11) is 0. The SMILES string of the molecule is CC(C)c1nccc2ccncc12. The lowest BCUT2D eigenvalue weighted by atomic mass is 10.0. The lowest BCUT2D eigenvalue weighted by Crippen LogP contribution is -1.93. The van der Waals surface area contributed by atoms with Crippen LogP contribution in [0.1, 0.15) is 25.5 Å². The molecule has 2 nitrogen and oxygen atoms in total. The van der Waals surface area contributed by atoms with E-state index in [1.807, 2.05) is 30.7 Å². The smallest absolute Gasteiger partial charge is 0.0522 e. The Hall–Kier alpha value is -1.44. The van der Waals surface area contributed by atoms with Gasteiger partial charge in [0.15, 0.2) is 0 Å². The molecule has 2 aromatic heterocycles. The van der Waals surface area contributed by atoms with Crippen LogP contribution in [0.4, 0.5) is 0 Å². The fourth-order valence-corrected chi connectivity index (χ4v) is 1.49. The Bertz CT molecular complexity index is 416. The van der Waals surface area contributed by atoms with E-state index < -0.39 is 0 Å². The minimum Gasteiger partial charge on any atom is -0.264 e. The van der Waals surface area contributed by atoms with Gasteiger partial charge in [0.1, 0.15) is 0 Å². The van der Waals surface area contributed by atoms with E-state index in [-0.39, 0.29) is 0 Å². The van der Waals surface area contributed by atoms with Gasteiger partial charge in [0.25, 0.3) is 0 Å². The largest absolute Gasteiger partial charge is 0.264 e. The number of aromatic nitrogens is 2. The van der Waals surface area contributed by atoms with Gasteiger partial charge in [0, 0.05) is 24.0 Å². The molecule has 0 aliphatic carbocycles. The molecule has 2 heteroatoms. The van der Waals surface area contributed by atoms with Crippen LogP contribution in [0, 0.1) is 0 Å². The summed E-state index contributed by atoms with van der Waals surface area (Å²) in [5.41, 5.74) is 1.13. The van der Waals surface area contributed by atoms with E-state index in [1.165, 1.54) is 10.8 Å². The van der Waals surface area contributed by atoms with Crippen LogP contribution in [0.5, 0.6) is 0 Å². The maximum absolute atomic E-state index is 4.37. The summed E-state index contributed by atoms with van der Waals surface area (Å²) in [6.45, 7) is 4.30. The molecule has 0 amide bonds. The van der Waals surface area contributed by atoms with Crippen LogP contribution in [0.2, 0.25) is 0 Å². The number of hydrogen-bond donors (Lipinski definition) is 0. The van der Waals surface area contributed by atoms with Gasteiger partial charge in [0.05, 0.1) is 5.69 Å². The van der Waals surface area contributed by atoms with Gasteiger partial charge in [-0.25, -0.2) is 0 Å². The van der Waals surface area contributed by atoms with Crippen LogP contribution in [0.3, 0.4) is 0 Å². The summed E-state index contributed by atoms with van der Waals surface area (Å²) in [5.74, 6) is 0.452. The molecule has 2 heterocycles. The van der Waals surface area contributed by atoms with Crippen molar-refractivity contribution in [2.75, 3.05) is 0 Å². The molecule has 0 bridgehead atoms. The average Bonchev–Trinajstić information content (AvgIpc) is 2.17. The number of hydrogen-bond acceptors (Lipinski definition) is 2. The summed E-state index contributed by atoms with van der Waals surface area (Å²) in [6, 6.07) is 4.03. The first-order valence-electron chi connectivity index (χ1n) is 4.47. The van der Waals surface area contributed by atoms with Crippen LogP contribution in [0.25, 0.3) is 10.8 Å². The van der Waals surface area contributed by atoms with Crippen LogP contribution in [-0.4, -0.2) is 9.97 Å². The maximum Gasteiger partial charge on any atom is 0.0522 e. The zero-order valence-electron chi connectivity index (χ0n) is 7.86. The molecule has 2 rings (SSSR count). The monoisotopic (exact) mass is 172 g/mol. The molecule has 0 spiro atoms. The quantitative estimate of drug-likeness (QED) is 0.661. The van der Waals surface area contributed by atoms with Gasteiger partial charge in [-0.15, -0.1) is 0 Å². The van der Waals surface area contributed by atoms with Gasteiger partial charge in [-0.2, -0.15) is 0 Å². The Balaban J connectivity index is 2.76. The first kappa shape index (κ1) is 8.17. The highest BCUT2D eigenvalue weighted by Gasteiger charge is 2.05. The van der Waals surface area contributed by atoms with Crippen LogP contribution >= 0.6 is 0 Å². The van der Waals surface area contributed by atoms with Crippen LogP contribution in [0.15, 0.2) is 30.7 Å². The highest BCUT2D eigenvalue weighted by Crippen LogP contribution is 2.21. The van der Waals surface area contributed by atoms with Crippen molar-refractivity contribution in [3.63, 3.8) is 0 Å². The molecule has 13 heavy (non-hydrogen) atoms. The molecule has 0 radical (unpaired) electrons. The van der Waals surface area contributed by atoms with Gasteiger partial charge in [-0.05, 0) is 23.4 Å². The molecule has 0 fully saturated rings. The Kier molecular flexibility index (Phi) is 1.97. The second-order valence-corrected chi connectivity index (χ2v) is 3.45. The van der Waals surface area contributed by atoms with Crippen molar-refractivity contribution >= 4 is 10.8 Å². The van der Waals surface area contributed by atoms with Gasteiger partial charge in [-0.1, -0.05) is 13.8 Å². The summed E-state index contributed by atoms with van der Waals surface area (Å²) in [6.07, 6.45) is 5.56. The fraction of sp³-hybridized carbons (Fsp3) is 0.273. The zero-order valence-corrected chi connectivity index (χ0v) is 7.86. The van der Waals surface area contributed by atoms with E-state index in [2.05, 4.69) is 23.8 Å². The Labute approximate surface area is 77.6 Å². The number of rotatable bonds is 1. The van der Waals surface area contributed by atoms with Crippen molar-refractivity contribution < 1.29 is 0 Å². The van der Waals surface area contributed by atoms with Crippen LogP contribution in [-0.2, 0) is 0 Å². The van der Waals surface area contributed by atoms with Crippen molar-refractivity contribution in [3.05, 3.63) is 36.4 Å². The lowest BCUT2D eigenvalue weighted by Gasteiger charge is -2.07. The Morgan fingerprint density at radius 1 is 1.15 bits per heavy atom. The predicted molar refractivity (Wildman–Crippen MR) is 53.6 cm³/mol. The fourth-order valence-electron chi connectivity index (χ4n) is 1.49. The molecule has 0 aliphatic heterocycles. The van der Waals surface area contributed by atoms with E-state index in [0.29, 0.717) is 5.92 Å². The van der Waals surface area contributed by atoms with Crippen LogP contribution < -0.4 is 0 Å². The molecule has 2 aromatic rings. The highest BCUT2D eigenvalue weighted by atomic mass is 14.7. The predicted octanol–water partition coefficient (Wildman–Crippen LogP) is 2.75. The molecule has 0 saturated carbocycles. The maximum atomic E-state index is 4.37. The number of nitrogens with zero attached hydrogens (tertiary/aromatic N) is 2. The summed E-state index contributed by atoms with van der Waals surface area (Å²) in [5, 5.41) is 2.38. The molecular weight excluding hydrogens is 160 g/mol. The molecule has 66 valence electrons. The molecule has 0 saturated heterocycles. The number of pyridine rings is 2. The Morgan fingerprint density at radius 2 is 1.92 bits per heavy atom. The van der Waals surface area contributed by atoms with Gasteiger partial charge in [0.2, 0.25) is 0 Å². The topological polar surface area (TPSA) is 25.8 Å². The van der Waals surface area contributed by atoms with E-state index in [4.69, 9.17) is 0 Å². The van der Waals surface area contributed by atoms with Crippen molar-refractivity contribution in [1.82, 2.24) is 9.97 Å². The molecule has 0 aromatic carbocycles. The van der Waals surface area contributed by atoms with Gasteiger partial charge >= 0.3 is 0 Å². The second kappa shape index (κ2) is 3.13. The average molecular weight is 172 g/mol. The third kappa shape index (κ3) is 1.39. The minimum absolute atomic E-state index is 0.452. The van der Waals surface area contributed by atoms with Gasteiger partial charge < -0.3 is 0 Å². The van der Waals surface area contributed by atoms with Crippen molar-refractivity contribution in [3.8, 4) is 0 Å². The molecule has 0 atom stereocenters. The molecular formula is C11H12N2. The van der Waals surface area contributed by atoms with E-state index in [1.54, 1.807) is 0 Å². The molecule has 0 N–H and O–H groups in total. The van der Waals surface area contributed by atoms with Crippen molar-refractivity contribution in [2.24, 2.45) is 0 Å². The van der Waals surface area contributed by atoms with E-state index in [9.17, 15) is 0 Å². The minimum atomic E-state index is 0.452. The van der Waals surface area contributed by atoms with E-state index >= 15 is 0 Å².